The molecular weight excluding hydrogens is 280 g/mol. The molecule has 0 radical (unpaired) electrons. The van der Waals surface area contributed by atoms with Gasteiger partial charge in [-0.25, -0.2) is 4.98 Å². The molecule has 0 aliphatic heterocycles. The number of nitrogens with two attached hydrogens (primary N) is 1. The molecule has 0 amide bonds. The largest absolute Gasteiger partial charge is 0.321 e. The number of aromatic amines is 1. The summed E-state index contributed by atoms with van der Waals surface area (Å²) in [5, 5.41) is 16.2. The lowest BCUT2D eigenvalue weighted by molar-refractivity contribution is 0.623. The first-order valence-electron chi connectivity index (χ1n) is 6.87. The predicted molar refractivity (Wildman–Crippen MR) is 81.4 cm³/mol. The molecule has 22 heavy (non-hydrogen) atoms. The Bertz CT molecular complexity index is 920. The van der Waals surface area contributed by atoms with Crippen molar-refractivity contribution in [3.63, 3.8) is 0 Å². The summed E-state index contributed by atoms with van der Waals surface area (Å²) in [7, 11) is 0. The molecule has 0 fully saturated rings. The molecule has 7 nitrogen and oxygen atoms in total. The molecule has 0 aliphatic rings. The molecule has 0 saturated heterocycles. The molecule has 2 heterocycles. The molecule has 3 rings (SSSR count). The van der Waals surface area contributed by atoms with E-state index in [0.717, 1.165) is 0 Å². The molecule has 3 N–H and O–H groups in total. The van der Waals surface area contributed by atoms with Crippen LogP contribution in [0.15, 0.2) is 35.4 Å². The van der Waals surface area contributed by atoms with Crippen LogP contribution in [0.1, 0.15) is 30.8 Å². The van der Waals surface area contributed by atoms with E-state index in [1.54, 1.807) is 24.4 Å². The Balaban J connectivity index is 2.46. The highest BCUT2D eigenvalue weighted by Gasteiger charge is 2.19. The molecular formula is C15H14N6O. The van der Waals surface area contributed by atoms with Crippen LogP contribution < -0.4 is 11.3 Å². The number of H-pyrrole nitrogens is 1. The van der Waals surface area contributed by atoms with E-state index in [0.29, 0.717) is 34.4 Å². The zero-order valence-electron chi connectivity index (χ0n) is 11.9. The van der Waals surface area contributed by atoms with Gasteiger partial charge < -0.3 is 5.73 Å². The Morgan fingerprint density at radius 2 is 2.32 bits per heavy atom. The van der Waals surface area contributed by atoms with E-state index >= 15 is 0 Å². The second kappa shape index (κ2) is 5.42. The highest BCUT2D eigenvalue weighted by atomic mass is 16.1. The van der Waals surface area contributed by atoms with Crippen molar-refractivity contribution >= 4 is 10.9 Å². The number of hydrogen-bond acceptors (Lipinski definition) is 5. The maximum Gasteiger partial charge on any atom is 0.266 e. The Hall–Kier alpha value is -2.98. The molecule has 1 atom stereocenters. The van der Waals surface area contributed by atoms with Crippen LogP contribution in [-0.2, 0) is 0 Å². The van der Waals surface area contributed by atoms with E-state index in [2.05, 4.69) is 21.3 Å². The first-order valence-corrected chi connectivity index (χ1v) is 6.87. The molecule has 0 saturated carbocycles. The van der Waals surface area contributed by atoms with Crippen LogP contribution in [-0.4, -0.2) is 19.7 Å². The molecule has 7 heteroatoms. The van der Waals surface area contributed by atoms with Crippen molar-refractivity contribution in [3.8, 4) is 11.8 Å². The van der Waals surface area contributed by atoms with Gasteiger partial charge in [0.2, 0.25) is 0 Å². The van der Waals surface area contributed by atoms with Crippen molar-refractivity contribution in [2.75, 3.05) is 0 Å². The van der Waals surface area contributed by atoms with Crippen molar-refractivity contribution in [2.45, 2.75) is 19.4 Å². The molecule has 2 aromatic heterocycles. The fraction of sp³-hybridized carbons (Fsp3) is 0.200. The van der Waals surface area contributed by atoms with Crippen molar-refractivity contribution in [2.24, 2.45) is 5.73 Å². The topological polar surface area (TPSA) is 113 Å². The molecule has 110 valence electrons. The molecule has 1 aromatic carbocycles. The van der Waals surface area contributed by atoms with Crippen LogP contribution in [0, 0.1) is 11.3 Å². The van der Waals surface area contributed by atoms with Gasteiger partial charge in [0.25, 0.3) is 5.56 Å². The van der Waals surface area contributed by atoms with Crippen molar-refractivity contribution in [1.29, 1.82) is 5.26 Å². The number of nitrogens with one attached hydrogen (secondary N) is 1. The van der Waals surface area contributed by atoms with Gasteiger partial charge in [-0.05, 0) is 18.6 Å². The average molecular weight is 294 g/mol. The fourth-order valence-electron chi connectivity index (χ4n) is 2.36. The summed E-state index contributed by atoms with van der Waals surface area (Å²) < 4.78 is 1.45. The highest BCUT2D eigenvalue weighted by Crippen LogP contribution is 2.19. The summed E-state index contributed by atoms with van der Waals surface area (Å²) in [6.45, 7) is 1.91. The van der Waals surface area contributed by atoms with Crippen LogP contribution in [0.2, 0.25) is 0 Å². The maximum absolute atomic E-state index is 12.9. The molecule has 0 bridgehead atoms. The minimum absolute atomic E-state index is 0.262. The summed E-state index contributed by atoms with van der Waals surface area (Å²) in [5.74, 6) is 0.420. The quantitative estimate of drug-likeness (QED) is 0.757. The third-order valence-corrected chi connectivity index (χ3v) is 3.56. The van der Waals surface area contributed by atoms with Gasteiger partial charge in [-0.1, -0.05) is 13.0 Å². The summed E-state index contributed by atoms with van der Waals surface area (Å²) in [6, 6.07) is 6.61. The summed E-state index contributed by atoms with van der Waals surface area (Å²) >= 11 is 0. The third kappa shape index (κ3) is 2.06. The number of aromatic nitrogens is 4. The molecule has 3 aromatic rings. The monoisotopic (exact) mass is 294 g/mol. The van der Waals surface area contributed by atoms with Crippen LogP contribution >= 0.6 is 0 Å². The van der Waals surface area contributed by atoms with E-state index in [-0.39, 0.29) is 5.56 Å². The van der Waals surface area contributed by atoms with Gasteiger partial charge in [0.1, 0.15) is 11.9 Å². The van der Waals surface area contributed by atoms with Crippen LogP contribution in [0.25, 0.3) is 16.6 Å². The number of hydrogen-bond donors (Lipinski definition) is 2. The second-order valence-electron chi connectivity index (χ2n) is 4.90. The lowest BCUT2D eigenvalue weighted by atomic mass is 10.1. The van der Waals surface area contributed by atoms with E-state index in [9.17, 15) is 10.1 Å². The molecule has 0 aliphatic carbocycles. The number of benzene rings is 1. The van der Waals surface area contributed by atoms with Gasteiger partial charge in [0, 0.05) is 6.20 Å². The lowest BCUT2D eigenvalue weighted by Gasteiger charge is -2.16. The number of fused-ring (bicyclic) bond motifs is 1. The van der Waals surface area contributed by atoms with Crippen molar-refractivity contribution in [1.82, 2.24) is 19.7 Å². The zero-order valence-corrected chi connectivity index (χ0v) is 11.9. The van der Waals surface area contributed by atoms with Crippen LogP contribution in [0.5, 0.6) is 0 Å². The SMILES string of the molecule is CCC(N)c1nc2c(C#N)cccc2c(=O)n1-c1cn[nH]c1. The van der Waals surface area contributed by atoms with Gasteiger partial charge in [-0.2, -0.15) is 10.4 Å². The van der Waals surface area contributed by atoms with Gasteiger partial charge in [0.15, 0.2) is 0 Å². The minimum Gasteiger partial charge on any atom is -0.321 e. The Morgan fingerprint density at radius 3 is 2.95 bits per heavy atom. The average Bonchev–Trinajstić information content (AvgIpc) is 3.07. The van der Waals surface area contributed by atoms with E-state index in [4.69, 9.17) is 5.73 Å². The number of nitrogens with zero attached hydrogens (tertiary/aromatic N) is 4. The van der Waals surface area contributed by atoms with Crippen molar-refractivity contribution < 1.29 is 0 Å². The lowest BCUT2D eigenvalue weighted by Crippen LogP contribution is -2.28. The molecule has 0 spiro atoms. The van der Waals surface area contributed by atoms with E-state index in [1.165, 1.54) is 10.8 Å². The number of rotatable bonds is 3. The van der Waals surface area contributed by atoms with Gasteiger partial charge in [0.05, 0.1) is 34.4 Å². The minimum atomic E-state index is -0.418. The molecule has 1 unspecified atom stereocenters. The van der Waals surface area contributed by atoms with Gasteiger partial charge in [-0.15, -0.1) is 0 Å². The first kappa shape index (κ1) is 14.0. The van der Waals surface area contributed by atoms with Crippen molar-refractivity contribution in [3.05, 3.63) is 52.3 Å². The Labute approximate surface area is 126 Å². The number of para-hydroxylation sites is 1. The second-order valence-corrected chi connectivity index (χ2v) is 4.90. The Kier molecular flexibility index (Phi) is 3.45. The predicted octanol–water partition coefficient (Wildman–Crippen LogP) is 1.39. The smallest absolute Gasteiger partial charge is 0.266 e. The third-order valence-electron chi connectivity index (χ3n) is 3.56. The first-order chi connectivity index (χ1) is 10.7. The normalized spacial score (nSPS) is 12.2. The zero-order chi connectivity index (χ0) is 15.7. The Morgan fingerprint density at radius 1 is 1.50 bits per heavy atom. The number of nitriles is 1. The maximum atomic E-state index is 12.9. The summed E-state index contributed by atoms with van der Waals surface area (Å²) in [4.78, 5) is 17.4. The van der Waals surface area contributed by atoms with Crippen LogP contribution in [0.3, 0.4) is 0 Å². The van der Waals surface area contributed by atoms with Gasteiger partial charge >= 0.3 is 0 Å². The van der Waals surface area contributed by atoms with E-state index < -0.39 is 6.04 Å². The standard InChI is InChI=1S/C15H14N6O/c1-2-12(17)14-20-13-9(6-16)4-3-5-11(13)15(22)21(14)10-7-18-19-8-10/h3-5,7-8,12H,2,17H2,1H3,(H,18,19). The van der Waals surface area contributed by atoms with Crippen LogP contribution in [0.4, 0.5) is 0 Å². The van der Waals surface area contributed by atoms with E-state index in [1.807, 2.05) is 6.92 Å². The van der Waals surface area contributed by atoms with Gasteiger partial charge in [-0.3, -0.25) is 14.5 Å². The fourth-order valence-corrected chi connectivity index (χ4v) is 2.36. The highest BCUT2D eigenvalue weighted by molar-refractivity contribution is 5.83. The summed E-state index contributed by atoms with van der Waals surface area (Å²) in [5.41, 5.74) is 7.17. The summed E-state index contributed by atoms with van der Waals surface area (Å²) in [6.07, 6.45) is 3.76.